The summed E-state index contributed by atoms with van der Waals surface area (Å²) in [6.07, 6.45) is 4.20. The zero-order chi connectivity index (χ0) is 12.8. The van der Waals surface area contributed by atoms with Crippen molar-refractivity contribution in [3.8, 4) is 0 Å². The molecule has 0 aliphatic rings. The van der Waals surface area contributed by atoms with Crippen LogP contribution in [0, 0.1) is 0 Å². The molecule has 2 aromatic rings. The maximum Gasteiger partial charge on any atom is 0.225 e. The van der Waals surface area contributed by atoms with Gasteiger partial charge in [0.1, 0.15) is 5.82 Å². The number of aromatic nitrogens is 2. The molecule has 5 heteroatoms. The van der Waals surface area contributed by atoms with Gasteiger partial charge in [0, 0.05) is 24.5 Å². The molecular formula is C13H12ClN3O. The van der Waals surface area contributed by atoms with E-state index in [4.69, 9.17) is 11.6 Å². The first kappa shape index (κ1) is 12.5. The number of pyridine rings is 2. The third-order valence-electron chi connectivity index (χ3n) is 2.33. The third kappa shape index (κ3) is 3.82. The molecule has 0 aromatic carbocycles. The van der Waals surface area contributed by atoms with Gasteiger partial charge >= 0.3 is 0 Å². The van der Waals surface area contributed by atoms with Crippen molar-refractivity contribution < 1.29 is 4.79 Å². The highest BCUT2D eigenvalue weighted by Gasteiger charge is 2.04. The largest absolute Gasteiger partial charge is 0.311 e. The van der Waals surface area contributed by atoms with Crippen LogP contribution in [0.15, 0.2) is 42.7 Å². The number of hydrogen-bond donors (Lipinski definition) is 1. The standard InChI is InChI=1S/C13H12ClN3O/c14-10-4-6-12(16-9-10)17-13(18)7-5-11-3-1-2-8-15-11/h1-4,6,8-9H,5,7H2,(H,16,17,18). The fourth-order valence-electron chi connectivity index (χ4n) is 1.44. The Balaban J connectivity index is 1.84. The van der Waals surface area contributed by atoms with E-state index in [1.165, 1.54) is 6.20 Å². The number of carbonyl (C=O) groups excluding carboxylic acids is 1. The molecule has 2 heterocycles. The second-order valence-corrected chi connectivity index (χ2v) is 4.17. The van der Waals surface area contributed by atoms with Gasteiger partial charge in [-0.3, -0.25) is 9.78 Å². The Bertz CT molecular complexity index is 514. The zero-order valence-electron chi connectivity index (χ0n) is 9.64. The summed E-state index contributed by atoms with van der Waals surface area (Å²) in [4.78, 5) is 19.8. The van der Waals surface area contributed by atoms with E-state index >= 15 is 0 Å². The fourth-order valence-corrected chi connectivity index (χ4v) is 1.55. The molecule has 0 aliphatic heterocycles. The predicted molar refractivity (Wildman–Crippen MR) is 70.4 cm³/mol. The molecule has 92 valence electrons. The summed E-state index contributed by atoms with van der Waals surface area (Å²) >= 11 is 5.71. The first-order valence-corrected chi connectivity index (χ1v) is 5.93. The Kier molecular flexibility index (Phi) is 4.25. The van der Waals surface area contributed by atoms with Crippen LogP contribution in [0.4, 0.5) is 5.82 Å². The minimum Gasteiger partial charge on any atom is -0.311 e. The Morgan fingerprint density at radius 3 is 2.78 bits per heavy atom. The number of hydrogen-bond acceptors (Lipinski definition) is 3. The van der Waals surface area contributed by atoms with Crippen LogP contribution in [0.3, 0.4) is 0 Å². The maximum atomic E-state index is 11.7. The van der Waals surface area contributed by atoms with Crippen LogP contribution < -0.4 is 5.32 Å². The van der Waals surface area contributed by atoms with E-state index < -0.39 is 0 Å². The minimum absolute atomic E-state index is 0.0875. The van der Waals surface area contributed by atoms with Gasteiger partial charge in [0.25, 0.3) is 0 Å². The number of nitrogens with zero attached hydrogens (tertiary/aromatic N) is 2. The summed E-state index contributed by atoms with van der Waals surface area (Å²) in [5.41, 5.74) is 0.900. The number of amides is 1. The normalized spacial score (nSPS) is 10.1. The molecule has 0 aliphatic carbocycles. The summed E-state index contributed by atoms with van der Waals surface area (Å²) in [5, 5.41) is 3.25. The van der Waals surface area contributed by atoms with Crippen molar-refractivity contribution in [2.45, 2.75) is 12.8 Å². The lowest BCUT2D eigenvalue weighted by molar-refractivity contribution is -0.116. The number of nitrogens with one attached hydrogen (secondary N) is 1. The van der Waals surface area contributed by atoms with E-state index in [1.54, 1.807) is 18.3 Å². The number of aryl methyl sites for hydroxylation is 1. The van der Waals surface area contributed by atoms with Gasteiger partial charge in [0.2, 0.25) is 5.91 Å². The highest BCUT2D eigenvalue weighted by atomic mass is 35.5. The highest BCUT2D eigenvalue weighted by molar-refractivity contribution is 6.30. The maximum absolute atomic E-state index is 11.7. The molecule has 18 heavy (non-hydrogen) atoms. The number of carbonyl (C=O) groups is 1. The van der Waals surface area contributed by atoms with Crippen LogP contribution in [0.1, 0.15) is 12.1 Å². The highest BCUT2D eigenvalue weighted by Crippen LogP contribution is 2.10. The smallest absolute Gasteiger partial charge is 0.225 e. The lowest BCUT2D eigenvalue weighted by atomic mass is 10.2. The van der Waals surface area contributed by atoms with Crippen LogP contribution in [-0.4, -0.2) is 15.9 Å². The number of halogens is 1. The third-order valence-corrected chi connectivity index (χ3v) is 2.55. The van der Waals surface area contributed by atoms with Crippen LogP contribution in [0.5, 0.6) is 0 Å². The molecule has 2 aromatic heterocycles. The Morgan fingerprint density at radius 1 is 1.22 bits per heavy atom. The Hall–Kier alpha value is -1.94. The van der Waals surface area contributed by atoms with Gasteiger partial charge in [-0.05, 0) is 30.7 Å². The first-order valence-electron chi connectivity index (χ1n) is 5.55. The monoisotopic (exact) mass is 261 g/mol. The molecule has 0 atom stereocenters. The van der Waals surface area contributed by atoms with Gasteiger partial charge in [-0.2, -0.15) is 0 Å². The van der Waals surface area contributed by atoms with Crippen LogP contribution in [0.25, 0.3) is 0 Å². The van der Waals surface area contributed by atoms with Crippen LogP contribution in [-0.2, 0) is 11.2 Å². The van der Waals surface area contributed by atoms with Gasteiger partial charge in [0.05, 0.1) is 5.02 Å². The summed E-state index contributed by atoms with van der Waals surface area (Å²) in [5.74, 6) is 0.417. The van der Waals surface area contributed by atoms with E-state index in [0.717, 1.165) is 5.69 Å². The molecule has 1 N–H and O–H groups in total. The quantitative estimate of drug-likeness (QED) is 0.921. The van der Waals surface area contributed by atoms with E-state index in [2.05, 4.69) is 15.3 Å². The van der Waals surface area contributed by atoms with Crippen molar-refractivity contribution in [2.75, 3.05) is 5.32 Å². The Labute approximate surface area is 110 Å². The average Bonchev–Trinajstić information content (AvgIpc) is 2.40. The van der Waals surface area contributed by atoms with Crippen molar-refractivity contribution in [1.29, 1.82) is 0 Å². The van der Waals surface area contributed by atoms with Gasteiger partial charge in [-0.25, -0.2) is 4.98 Å². The molecule has 0 radical (unpaired) electrons. The molecule has 2 rings (SSSR count). The average molecular weight is 262 g/mol. The van der Waals surface area contributed by atoms with E-state index in [1.807, 2.05) is 18.2 Å². The first-order chi connectivity index (χ1) is 8.74. The molecule has 0 fully saturated rings. The second kappa shape index (κ2) is 6.12. The fraction of sp³-hybridized carbons (Fsp3) is 0.154. The van der Waals surface area contributed by atoms with Gasteiger partial charge < -0.3 is 5.32 Å². The van der Waals surface area contributed by atoms with Crippen LogP contribution >= 0.6 is 11.6 Å². The van der Waals surface area contributed by atoms with Gasteiger partial charge in [-0.15, -0.1) is 0 Å². The molecule has 0 unspecified atom stereocenters. The molecular weight excluding hydrogens is 250 g/mol. The van der Waals surface area contributed by atoms with Crippen LogP contribution in [0.2, 0.25) is 5.02 Å². The molecule has 0 bridgehead atoms. The minimum atomic E-state index is -0.0875. The lowest BCUT2D eigenvalue weighted by Crippen LogP contribution is -2.13. The molecule has 1 amide bonds. The summed E-state index contributed by atoms with van der Waals surface area (Å²) in [7, 11) is 0. The van der Waals surface area contributed by atoms with Gasteiger partial charge in [-0.1, -0.05) is 17.7 Å². The lowest BCUT2D eigenvalue weighted by Gasteiger charge is -2.04. The van der Waals surface area contributed by atoms with E-state index in [0.29, 0.717) is 23.7 Å². The molecule has 0 saturated heterocycles. The van der Waals surface area contributed by atoms with Crippen molar-refractivity contribution in [3.05, 3.63) is 53.4 Å². The molecule has 4 nitrogen and oxygen atoms in total. The molecule has 0 spiro atoms. The predicted octanol–water partition coefficient (Wildman–Crippen LogP) is 2.70. The SMILES string of the molecule is O=C(CCc1ccccn1)Nc1ccc(Cl)cn1. The van der Waals surface area contributed by atoms with Gasteiger partial charge in [0.15, 0.2) is 0 Å². The van der Waals surface area contributed by atoms with E-state index in [-0.39, 0.29) is 5.91 Å². The van der Waals surface area contributed by atoms with Crippen molar-refractivity contribution >= 4 is 23.3 Å². The van der Waals surface area contributed by atoms with Crippen molar-refractivity contribution in [3.63, 3.8) is 0 Å². The Morgan fingerprint density at radius 2 is 2.11 bits per heavy atom. The second-order valence-electron chi connectivity index (χ2n) is 3.73. The van der Waals surface area contributed by atoms with E-state index in [9.17, 15) is 4.79 Å². The zero-order valence-corrected chi connectivity index (χ0v) is 10.4. The van der Waals surface area contributed by atoms with Crippen molar-refractivity contribution in [1.82, 2.24) is 9.97 Å². The number of rotatable bonds is 4. The summed E-state index contributed by atoms with van der Waals surface area (Å²) in [6.45, 7) is 0. The van der Waals surface area contributed by atoms with Crippen molar-refractivity contribution in [2.24, 2.45) is 0 Å². The summed E-state index contributed by atoms with van der Waals surface area (Å²) in [6, 6.07) is 9.00. The summed E-state index contributed by atoms with van der Waals surface area (Å²) < 4.78 is 0. The number of anilines is 1. The topological polar surface area (TPSA) is 54.9 Å². The molecule has 0 saturated carbocycles.